The second kappa shape index (κ2) is 2.48. The summed E-state index contributed by atoms with van der Waals surface area (Å²) < 4.78 is 5.06. The summed E-state index contributed by atoms with van der Waals surface area (Å²) in [6, 6.07) is 0. The Morgan fingerprint density at radius 1 is 1.73 bits per heavy atom. The van der Waals surface area contributed by atoms with E-state index in [1.807, 2.05) is 4.90 Å². The maximum absolute atomic E-state index is 11.2. The van der Waals surface area contributed by atoms with E-state index < -0.39 is 0 Å². The summed E-state index contributed by atoms with van der Waals surface area (Å²) >= 11 is 0. The largest absolute Gasteiger partial charge is 0.371 e. The van der Waals surface area contributed by atoms with Gasteiger partial charge in [-0.25, -0.2) is 0 Å². The molecular formula is C8H13NO2. The highest BCUT2D eigenvalue weighted by Gasteiger charge is 2.32. The summed E-state index contributed by atoms with van der Waals surface area (Å²) in [7, 11) is 0. The van der Waals surface area contributed by atoms with E-state index in [9.17, 15) is 4.79 Å². The lowest BCUT2D eigenvalue weighted by Crippen LogP contribution is -2.29. The van der Waals surface area contributed by atoms with Crippen LogP contribution in [0.3, 0.4) is 0 Å². The van der Waals surface area contributed by atoms with Crippen LogP contribution >= 0.6 is 0 Å². The van der Waals surface area contributed by atoms with Crippen molar-refractivity contribution in [3.8, 4) is 0 Å². The normalized spacial score (nSPS) is 36.5. The molecule has 2 atom stereocenters. The van der Waals surface area contributed by atoms with Gasteiger partial charge in [0.15, 0.2) is 0 Å². The van der Waals surface area contributed by atoms with Crippen molar-refractivity contribution in [1.82, 2.24) is 4.90 Å². The van der Waals surface area contributed by atoms with Crippen molar-refractivity contribution < 1.29 is 9.53 Å². The van der Waals surface area contributed by atoms with Crippen LogP contribution in [0.1, 0.15) is 13.3 Å². The van der Waals surface area contributed by atoms with Gasteiger partial charge in [-0.3, -0.25) is 4.79 Å². The number of hydrogen-bond donors (Lipinski definition) is 0. The van der Waals surface area contributed by atoms with Gasteiger partial charge < -0.3 is 9.64 Å². The molecule has 0 N–H and O–H groups in total. The first-order chi connectivity index (χ1) is 5.25. The fraction of sp³-hybridized carbons (Fsp3) is 0.875. The van der Waals surface area contributed by atoms with Gasteiger partial charge in [-0.2, -0.15) is 0 Å². The van der Waals surface area contributed by atoms with Crippen molar-refractivity contribution in [1.29, 1.82) is 0 Å². The highest BCUT2D eigenvalue weighted by Crippen LogP contribution is 2.20. The first-order valence-corrected chi connectivity index (χ1v) is 4.15. The first kappa shape index (κ1) is 7.10. The predicted molar refractivity (Wildman–Crippen MR) is 40.1 cm³/mol. The van der Waals surface area contributed by atoms with Gasteiger partial charge in [0.05, 0.1) is 12.7 Å². The smallest absolute Gasteiger partial charge is 0.223 e. The van der Waals surface area contributed by atoms with Crippen LogP contribution in [-0.4, -0.2) is 36.6 Å². The number of carbonyl (C=O) groups excluding carboxylic acids is 1. The summed E-state index contributed by atoms with van der Waals surface area (Å²) in [5.74, 6) is 0.842. The fourth-order valence-corrected chi connectivity index (χ4v) is 1.57. The number of ether oxygens (including phenoxy) is 1. The van der Waals surface area contributed by atoms with Crippen LogP contribution in [0.15, 0.2) is 0 Å². The van der Waals surface area contributed by atoms with E-state index in [1.54, 1.807) is 0 Å². The average Bonchev–Trinajstić information content (AvgIpc) is 2.64. The lowest BCUT2D eigenvalue weighted by atomic mass is 10.2. The van der Waals surface area contributed by atoms with Crippen LogP contribution in [0, 0.1) is 5.92 Å². The molecular weight excluding hydrogens is 142 g/mol. The Morgan fingerprint density at radius 3 is 2.91 bits per heavy atom. The summed E-state index contributed by atoms with van der Waals surface area (Å²) in [6.45, 7) is 4.71. The Bertz CT molecular complexity index is 177. The molecule has 1 amide bonds. The van der Waals surface area contributed by atoms with Crippen molar-refractivity contribution in [3.63, 3.8) is 0 Å². The second-order valence-corrected chi connectivity index (χ2v) is 3.56. The van der Waals surface area contributed by atoms with Gasteiger partial charge in [-0.05, 0) is 5.92 Å². The number of amides is 1. The Hall–Kier alpha value is -0.570. The zero-order chi connectivity index (χ0) is 7.84. The number of nitrogens with zero attached hydrogens (tertiary/aromatic N) is 1. The number of hydrogen-bond acceptors (Lipinski definition) is 2. The molecule has 11 heavy (non-hydrogen) atoms. The Morgan fingerprint density at radius 2 is 2.45 bits per heavy atom. The molecule has 0 aromatic carbocycles. The molecule has 2 aliphatic rings. The van der Waals surface area contributed by atoms with Gasteiger partial charge in [0, 0.05) is 19.5 Å². The molecule has 3 heteroatoms. The third-order valence-electron chi connectivity index (χ3n) is 2.23. The van der Waals surface area contributed by atoms with Crippen LogP contribution in [0.5, 0.6) is 0 Å². The number of rotatable bonds is 2. The molecule has 0 spiro atoms. The number of likely N-dealkylation sites (tertiary alicyclic amines) is 1. The monoisotopic (exact) mass is 155 g/mol. The molecule has 2 fully saturated rings. The topological polar surface area (TPSA) is 32.8 Å². The first-order valence-electron chi connectivity index (χ1n) is 4.15. The summed E-state index contributed by atoms with van der Waals surface area (Å²) in [4.78, 5) is 13.1. The minimum atomic E-state index is 0.299. The fourth-order valence-electron chi connectivity index (χ4n) is 1.57. The van der Waals surface area contributed by atoms with Gasteiger partial charge in [0.2, 0.25) is 5.91 Å². The predicted octanol–water partition coefficient (Wildman–Crippen LogP) is 0.254. The molecule has 62 valence electrons. The highest BCUT2D eigenvalue weighted by atomic mass is 16.6. The van der Waals surface area contributed by atoms with E-state index in [2.05, 4.69) is 6.92 Å². The molecule has 3 nitrogen and oxygen atoms in total. The van der Waals surface area contributed by atoms with E-state index in [0.29, 0.717) is 17.9 Å². The summed E-state index contributed by atoms with van der Waals surface area (Å²) in [6.07, 6.45) is 1.08. The average molecular weight is 155 g/mol. The molecule has 0 bridgehead atoms. The van der Waals surface area contributed by atoms with Gasteiger partial charge in [0.25, 0.3) is 0 Å². The zero-order valence-electron chi connectivity index (χ0n) is 6.75. The third-order valence-corrected chi connectivity index (χ3v) is 2.23. The van der Waals surface area contributed by atoms with E-state index in [4.69, 9.17) is 4.74 Å². The second-order valence-electron chi connectivity index (χ2n) is 3.56. The Balaban J connectivity index is 1.87. The highest BCUT2D eigenvalue weighted by molar-refractivity contribution is 5.78. The van der Waals surface area contributed by atoms with Crippen LogP contribution in [0.4, 0.5) is 0 Å². The maximum atomic E-state index is 11.2. The van der Waals surface area contributed by atoms with Gasteiger partial charge in [-0.1, -0.05) is 6.92 Å². The quantitative estimate of drug-likeness (QED) is 0.536. The zero-order valence-corrected chi connectivity index (χ0v) is 6.75. The lowest BCUT2D eigenvalue weighted by molar-refractivity contribution is -0.127. The molecule has 0 saturated carbocycles. The molecule has 2 heterocycles. The van der Waals surface area contributed by atoms with Crippen molar-refractivity contribution in [2.75, 3.05) is 19.7 Å². The molecule has 2 rings (SSSR count). The van der Waals surface area contributed by atoms with E-state index in [1.165, 1.54) is 0 Å². The van der Waals surface area contributed by atoms with Crippen molar-refractivity contribution in [2.45, 2.75) is 19.4 Å². The third kappa shape index (κ3) is 1.53. The van der Waals surface area contributed by atoms with E-state index in [0.717, 1.165) is 26.1 Å². The van der Waals surface area contributed by atoms with Crippen molar-refractivity contribution in [2.24, 2.45) is 5.92 Å². The summed E-state index contributed by atoms with van der Waals surface area (Å²) in [5, 5.41) is 0. The Labute approximate surface area is 66.3 Å². The standard InChI is InChI=1S/C8H13NO2/c1-6-2-8(10)9(3-6)4-7-5-11-7/h6-7H,2-5H2,1H3/t6?,7-/m0/s1. The van der Waals surface area contributed by atoms with Crippen LogP contribution in [0.2, 0.25) is 0 Å². The molecule has 0 aromatic rings. The molecule has 2 aliphatic heterocycles. The molecule has 0 aliphatic carbocycles. The van der Waals surface area contributed by atoms with Gasteiger partial charge >= 0.3 is 0 Å². The van der Waals surface area contributed by atoms with Crippen molar-refractivity contribution >= 4 is 5.91 Å². The van der Waals surface area contributed by atoms with Gasteiger partial charge in [0.1, 0.15) is 0 Å². The number of carbonyl (C=O) groups is 1. The molecule has 0 aromatic heterocycles. The molecule has 1 unspecified atom stereocenters. The van der Waals surface area contributed by atoms with Crippen molar-refractivity contribution in [3.05, 3.63) is 0 Å². The van der Waals surface area contributed by atoms with E-state index in [-0.39, 0.29) is 0 Å². The number of epoxide rings is 1. The minimum Gasteiger partial charge on any atom is -0.371 e. The Kier molecular flexibility index (Phi) is 1.60. The maximum Gasteiger partial charge on any atom is 0.223 e. The van der Waals surface area contributed by atoms with Crippen LogP contribution < -0.4 is 0 Å². The molecule has 0 radical (unpaired) electrons. The van der Waals surface area contributed by atoms with Crippen LogP contribution in [-0.2, 0) is 9.53 Å². The van der Waals surface area contributed by atoms with Crippen LogP contribution in [0.25, 0.3) is 0 Å². The lowest BCUT2D eigenvalue weighted by Gasteiger charge is -2.13. The van der Waals surface area contributed by atoms with E-state index >= 15 is 0 Å². The minimum absolute atomic E-state index is 0.299. The van der Waals surface area contributed by atoms with Gasteiger partial charge in [-0.15, -0.1) is 0 Å². The molecule has 2 saturated heterocycles. The summed E-state index contributed by atoms with van der Waals surface area (Å²) in [5.41, 5.74) is 0. The SMILES string of the molecule is CC1CC(=O)N(C[C@H]2CO2)C1.